The van der Waals surface area contributed by atoms with Gasteiger partial charge < -0.3 is 15.4 Å². The average Bonchev–Trinajstić information content (AvgIpc) is 2.39. The molecule has 2 rings (SSSR count). The summed E-state index contributed by atoms with van der Waals surface area (Å²) in [4.78, 5) is 11.9. The van der Waals surface area contributed by atoms with E-state index in [2.05, 4.69) is 15.4 Å². The van der Waals surface area contributed by atoms with E-state index in [1.54, 1.807) is 0 Å². The van der Waals surface area contributed by atoms with Crippen LogP contribution in [0.1, 0.15) is 12.8 Å². The zero-order valence-corrected chi connectivity index (χ0v) is 11.9. The van der Waals surface area contributed by atoms with Crippen LogP contribution in [0.2, 0.25) is 0 Å². The van der Waals surface area contributed by atoms with E-state index in [4.69, 9.17) is 0 Å². The third kappa shape index (κ3) is 3.80. The fourth-order valence-electron chi connectivity index (χ4n) is 2.15. The number of nitrogens with one attached hydrogen (secondary N) is 2. The first-order chi connectivity index (χ1) is 9.11. The molecule has 0 spiro atoms. The van der Waals surface area contributed by atoms with Gasteiger partial charge in [-0.1, -0.05) is 0 Å². The lowest BCUT2D eigenvalue weighted by Gasteiger charge is -2.22. The van der Waals surface area contributed by atoms with Crippen LogP contribution >= 0.6 is 12.4 Å². The van der Waals surface area contributed by atoms with E-state index in [1.807, 2.05) is 0 Å². The van der Waals surface area contributed by atoms with E-state index >= 15 is 0 Å². The number of methoxy groups -OCH3 is 1. The lowest BCUT2D eigenvalue weighted by molar-refractivity contribution is -0.120. The highest BCUT2D eigenvalue weighted by atomic mass is 35.5. The first-order valence-electron chi connectivity index (χ1n) is 6.16. The molecule has 1 saturated heterocycles. The standard InChI is InChI=1S/C13H16F2N2O2.ClH/c1-19-12-10(14)5-9(6-11(12)15)17-13(18)8-3-2-4-16-7-8;/h5-6,8,16H,2-4,7H2,1H3,(H,17,18);1H. The van der Waals surface area contributed by atoms with Crippen molar-refractivity contribution in [3.05, 3.63) is 23.8 Å². The van der Waals surface area contributed by atoms with Gasteiger partial charge in [0, 0.05) is 24.4 Å². The number of hydrogen-bond acceptors (Lipinski definition) is 3. The molecule has 2 N–H and O–H groups in total. The van der Waals surface area contributed by atoms with Crippen LogP contribution < -0.4 is 15.4 Å². The molecule has 1 amide bonds. The maximum atomic E-state index is 13.5. The molecule has 1 aromatic carbocycles. The molecule has 112 valence electrons. The van der Waals surface area contributed by atoms with Crippen LogP contribution in [0.25, 0.3) is 0 Å². The van der Waals surface area contributed by atoms with E-state index in [1.165, 1.54) is 7.11 Å². The normalized spacial score (nSPS) is 18.1. The molecule has 1 aromatic rings. The third-order valence-corrected chi connectivity index (χ3v) is 3.14. The highest BCUT2D eigenvalue weighted by Gasteiger charge is 2.21. The van der Waals surface area contributed by atoms with Crippen LogP contribution in [0.4, 0.5) is 14.5 Å². The summed E-state index contributed by atoms with van der Waals surface area (Å²) in [6, 6.07) is 2.10. The van der Waals surface area contributed by atoms with E-state index in [0.717, 1.165) is 31.5 Å². The maximum absolute atomic E-state index is 13.5. The van der Waals surface area contributed by atoms with Gasteiger partial charge in [0.2, 0.25) is 5.91 Å². The van der Waals surface area contributed by atoms with Crippen LogP contribution in [0.5, 0.6) is 5.75 Å². The highest BCUT2D eigenvalue weighted by molar-refractivity contribution is 5.92. The van der Waals surface area contributed by atoms with Crippen molar-refractivity contribution in [3.8, 4) is 5.75 Å². The lowest BCUT2D eigenvalue weighted by atomic mass is 9.99. The van der Waals surface area contributed by atoms with E-state index in [0.29, 0.717) is 6.54 Å². The number of benzene rings is 1. The highest BCUT2D eigenvalue weighted by Crippen LogP contribution is 2.25. The van der Waals surface area contributed by atoms with Gasteiger partial charge in [-0.2, -0.15) is 0 Å². The molecule has 4 nitrogen and oxygen atoms in total. The van der Waals surface area contributed by atoms with Crippen molar-refractivity contribution in [1.82, 2.24) is 5.32 Å². The van der Waals surface area contributed by atoms with Crippen LogP contribution in [0, 0.1) is 17.6 Å². The fraction of sp³-hybridized carbons (Fsp3) is 0.462. The molecule has 20 heavy (non-hydrogen) atoms. The van der Waals surface area contributed by atoms with Crippen molar-refractivity contribution in [1.29, 1.82) is 0 Å². The summed E-state index contributed by atoms with van der Waals surface area (Å²) in [7, 11) is 1.19. The van der Waals surface area contributed by atoms with Gasteiger partial charge in [0.05, 0.1) is 13.0 Å². The Hall–Kier alpha value is -1.40. The van der Waals surface area contributed by atoms with Crippen LogP contribution in [0.3, 0.4) is 0 Å². The van der Waals surface area contributed by atoms with Crippen LogP contribution in [-0.2, 0) is 4.79 Å². The summed E-state index contributed by atoms with van der Waals surface area (Å²) < 4.78 is 31.5. The second-order valence-corrected chi connectivity index (χ2v) is 4.51. The Morgan fingerprint density at radius 2 is 2.05 bits per heavy atom. The van der Waals surface area contributed by atoms with E-state index in [9.17, 15) is 13.6 Å². The summed E-state index contributed by atoms with van der Waals surface area (Å²) >= 11 is 0. The Morgan fingerprint density at radius 3 is 2.55 bits per heavy atom. The van der Waals surface area contributed by atoms with Crippen molar-refractivity contribution in [2.45, 2.75) is 12.8 Å². The molecule has 1 atom stereocenters. The predicted octanol–water partition coefficient (Wildman–Crippen LogP) is 2.33. The minimum atomic E-state index is -0.834. The van der Waals surface area contributed by atoms with Crippen molar-refractivity contribution in [2.24, 2.45) is 5.92 Å². The molecule has 1 aliphatic rings. The average molecular weight is 307 g/mol. The molecule has 1 unspecified atom stereocenters. The van der Waals surface area contributed by atoms with E-state index < -0.39 is 17.4 Å². The molecule has 1 heterocycles. The Bertz CT molecular complexity index is 456. The number of amides is 1. The van der Waals surface area contributed by atoms with Gasteiger partial charge in [-0.15, -0.1) is 12.4 Å². The number of carbonyl (C=O) groups excluding carboxylic acids is 1. The van der Waals surface area contributed by atoms with Crippen molar-refractivity contribution in [2.75, 3.05) is 25.5 Å². The summed E-state index contributed by atoms with van der Waals surface area (Å²) in [5.41, 5.74) is 0.103. The number of anilines is 1. The van der Waals surface area contributed by atoms with Gasteiger partial charge in [0.1, 0.15) is 0 Å². The fourth-order valence-corrected chi connectivity index (χ4v) is 2.15. The molecule has 1 aliphatic heterocycles. The van der Waals surface area contributed by atoms with Crippen molar-refractivity contribution < 1.29 is 18.3 Å². The summed E-state index contributed by atoms with van der Waals surface area (Å²) in [6.07, 6.45) is 1.70. The minimum Gasteiger partial charge on any atom is -0.491 e. The molecule has 1 fully saturated rings. The minimum absolute atomic E-state index is 0. The molecule has 0 radical (unpaired) electrons. The predicted molar refractivity (Wildman–Crippen MR) is 74.4 cm³/mol. The topological polar surface area (TPSA) is 50.4 Å². The number of halogens is 3. The van der Waals surface area contributed by atoms with Gasteiger partial charge in [-0.25, -0.2) is 8.78 Å². The monoisotopic (exact) mass is 306 g/mol. The number of piperidine rings is 1. The van der Waals surface area contributed by atoms with Crippen LogP contribution in [0.15, 0.2) is 12.1 Å². The quantitative estimate of drug-likeness (QED) is 0.901. The largest absolute Gasteiger partial charge is 0.491 e. The second kappa shape index (κ2) is 7.40. The summed E-state index contributed by atoms with van der Waals surface area (Å²) in [5.74, 6) is -2.50. The van der Waals surface area contributed by atoms with Crippen molar-refractivity contribution in [3.63, 3.8) is 0 Å². The summed E-state index contributed by atoms with van der Waals surface area (Å²) in [5, 5.41) is 5.64. The summed E-state index contributed by atoms with van der Waals surface area (Å²) in [6.45, 7) is 1.49. The van der Waals surface area contributed by atoms with Gasteiger partial charge in [-0.05, 0) is 19.4 Å². The lowest BCUT2D eigenvalue weighted by Crippen LogP contribution is -2.37. The zero-order chi connectivity index (χ0) is 13.8. The Kier molecular flexibility index (Phi) is 6.16. The SMILES string of the molecule is COc1c(F)cc(NC(=O)C2CCCNC2)cc1F.Cl. The second-order valence-electron chi connectivity index (χ2n) is 4.51. The number of carbonyl (C=O) groups is 1. The molecular weight excluding hydrogens is 290 g/mol. The number of rotatable bonds is 3. The Morgan fingerprint density at radius 1 is 1.40 bits per heavy atom. The number of ether oxygens (including phenoxy) is 1. The third-order valence-electron chi connectivity index (χ3n) is 3.14. The van der Waals surface area contributed by atoms with Gasteiger partial charge in [0.25, 0.3) is 0 Å². The Balaban J connectivity index is 0.00000200. The van der Waals surface area contributed by atoms with Gasteiger partial charge in [0.15, 0.2) is 17.4 Å². The number of hydrogen-bond donors (Lipinski definition) is 2. The van der Waals surface area contributed by atoms with Crippen LogP contribution in [-0.4, -0.2) is 26.1 Å². The molecule has 0 aromatic heterocycles. The molecular formula is C13H17ClF2N2O2. The maximum Gasteiger partial charge on any atom is 0.228 e. The van der Waals surface area contributed by atoms with Gasteiger partial charge in [-0.3, -0.25) is 4.79 Å². The first-order valence-corrected chi connectivity index (χ1v) is 6.16. The molecule has 0 aliphatic carbocycles. The molecule has 0 bridgehead atoms. The van der Waals surface area contributed by atoms with E-state index in [-0.39, 0.29) is 29.9 Å². The smallest absolute Gasteiger partial charge is 0.228 e. The van der Waals surface area contributed by atoms with Gasteiger partial charge >= 0.3 is 0 Å². The first kappa shape index (κ1) is 16.7. The van der Waals surface area contributed by atoms with Crippen molar-refractivity contribution >= 4 is 24.0 Å². The molecule has 7 heteroatoms. The molecule has 0 saturated carbocycles. The Labute approximate surface area is 122 Å². The zero-order valence-electron chi connectivity index (χ0n) is 11.0.